The fraction of sp³-hybridized carbons (Fsp3) is 0.143. The molecule has 0 saturated carbocycles. The van der Waals surface area contributed by atoms with Crippen LogP contribution in [-0.4, -0.2) is 4.92 Å². The summed E-state index contributed by atoms with van der Waals surface area (Å²) in [5.74, 6) is -0.780. The minimum absolute atomic E-state index is 0.376. The van der Waals surface area contributed by atoms with Crippen LogP contribution >= 0.6 is 22.6 Å². The number of nitro groups is 1. The molecule has 0 aliphatic rings. The maximum absolute atomic E-state index is 12.8. The summed E-state index contributed by atoms with van der Waals surface area (Å²) in [5, 5.41) is 10.4. The summed E-state index contributed by atoms with van der Waals surface area (Å²) in [4.78, 5) is 9.66. The van der Waals surface area contributed by atoms with Crippen molar-refractivity contribution in [2.24, 2.45) is 0 Å². The van der Waals surface area contributed by atoms with Gasteiger partial charge in [0.25, 0.3) is 0 Å². The van der Waals surface area contributed by atoms with Crippen LogP contribution in [0.25, 0.3) is 0 Å². The second-order valence-electron chi connectivity index (χ2n) is 2.26. The molecule has 12 heavy (non-hydrogen) atoms. The second-order valence-corrected chi connectivity index (χ2v) is 3.42. The van der Waals surface area contributed by atoms with Crippen LogP contribution in [0.1, 0.15) is 5.56 Å². The van der Waals surface area contributed by atoms with Crippen molar-refractivity contribution in [3.05, 3.63) is 37.2 Å². The van der Waals surface area contributed by atoms with E-state index in [1.54, 1.807) is 0 Å². The molecule has 0 atom stereocenters. The maximum Gasteiger partial charge on any atom is 0.308 e. The molecule has 0 fully saturated rings. The first-order valence-electron chi connectivity index (χ1n) is 3.13. The van der Waals surface area contributed by atoms with Crippen molar-refractivity contribution in [1.29, 1.82) is 0 Å². The predicted octanol–water partition coefficient (Wildman–Crippen LogP) is 2.65. The molecule has 1 aromatic rings. The first kappa shape index (κ1) is 9.37. The number of halogens is 2. The van der Waals surface area contributed by atoms with Gasteiger partial charge >= 0.3 is 5.69 Å². The fourth-order valence-corrected chi connectivity index (χ4v) is 1.30. The van der Waals surface area contributed by atoms with Crippen molar-refractivity contribution < 1.29 is 9.31 Å². The Morgan fingerprint density at radius 2 is 2.17 bits per heavy atom. The van der Waals surface area contributed by atoms with Gasteiger partial charge in [-0.25, -0.2) is 0 Å². The van der Waals surface area contributed by atoms with E-state index >= 15 is 0 Å². The normalized spacial score (nSPS) is 9.92. The number of rotatable bonds is 1. The van der Waals surface area contributed by atoms with E-state index < -0.39 is 16.4 Å². The van der Waals surface area contributed by atoms with Crippen molar-refractivity contribution in [2.45, 2.75) is 6.92 Å². The van der Waals surface area contributed by atoms with E-state index in [0.717, 1.165) is 6.07 Å². The van der Waals surface area contributed by atoms with Gasteiger partial charge in [0.2, 0.25) is 5.82 Å². The zero-order valence-corrected chi connectivity index (χ0v) is 8.33. The third kappa shape index (κ3) is 1.55. The van der Waals surface area contributed by atoms with Gasteiger partial charge in [0.15, 0.2) is 0 Å². The summed E-state index contributed by atoms with van der Waals surface area (Å²) in [6.07, 6.45) is 0. The molecule has 1 aromatic carbocycles. The molecule has 0 unspecified atom stereocenters. The molecule has 0 amide bonds. The summed E-state index contributed by atoms with van der Waals surface area (Å²) >= 11 is 1.93. The molecule has 5 heteroatoms. The molecule has 64 valence electrons. The van der Waals surface area contributed by atoms with E-state index in [1.807, 2.05) is 22.6 Å². The lowest BCUT2D eigenvalue weighted by Crippen LogP contribution is -1.97. The Balaban J connectivity index is 3.43. The molecular weight excluding hydrogens is 276 g/mol. The number of hydrogen-bond acceptors (Lipinski definition) is 2. The van der Waals surface area contributed by atoms with E-state index in [9.17, 15) is 14.5 Å². The topological polar surface area (TPSA) is 43.1 Å². The van der Waals surface area contributed by atoms with Crippen LogP contribution in [0, 0.1) is 26.4 Å². The van der Waals surface area contributed by atoms with Gasteiger partial charge < -0.3 is 0 Å². The summed E-state index contributed by atoms with van der Waals surface area (Å²) in [6, 6.07) is 2.62. The van der Waals surface area contributed by atoms with E-state index in [2.05, 4.69) is 0 Å². The van der Waals surface area contributed by atoms with E-state index in [0.29, 0.717) is 9.13 Å². The lowest BCUT2D eigenvalue weighted by molar-refractivity contribution is -0.388. The lowest BCUT2D eigenvalue weighted by atomic mass is 10.2. The highest BCUT2D eigenvalue weighted by molar-refractivity contribution is 14.1. The smallest absolute Gasteiger partial charge is 0.258 e. The maximum atomic E-state index is 12.8. The van der Waals surface area contributed by atoms with E-state index in [-0.39, 0.29) is 0 Å². The third-order valence-electron chi connectivity index (χ3n) is 1.50. The average molecular weight is 281 g/mol. The van der Waals surface area contributed by atoms with Crippen LogP contribution in [-0.2, 0) is 0 Å². The Bertz CT molecular complexity index is 340. The van der Waals surface area contributed by atoms with Crippen molar-refractivity contribution in [3.8, 4) is 0 Å². The van der Waals surface area contributed by atoms with Crippen LogP contribution < -0.4 is 0 Å². The lowest BCUT2D eigenvalue weighted by Gasteiger charge is -1.99. The molecule has 0 bridgehead atoms. The SMILES string of the molecule is Cc1c(I)ccc(F)c1[N+](=O)[O-]. The van der Waals surface area contributed by atoms with Crippen LogP contribution in [0.3, 0.4) is 0 Å². The summed E-state index contributed by atoms with van der Waals surface area (Å²) in [6.45, 7) is 1.53. The van der Waals surface area contributed by atoms with Crippen molar-refractivity contribution in [2.75, 3.05) is 0 Å². The van der Waals surface area contributed by atoms with Crippen molar-refractivity contribution in [1.82, 2.24) is 0 Å². The highest BCUT2D eigenvalue weighted by Gasteiger charge is 2.18. The minimum Gasteiger partial charge on any atom is -0.258 e. The molecule has 3 nitrogen and oxygen atoms in total. The Morgan fingerprint density at radius 1 is 1.58 bits per heavy atom. The van der Waals surface area contributed by atoms with Crippen molar-refractivity contribution >= 4 is 28.3 Å². The van der Waals surface area contributed by atoms with Gasteiger partial charge in [-0.05, 0) is 41.6 Å². The molecule has 0 radical (unpaired) electrons. The summed E-state index contributed by atoms with van der Waals surface area (Å²) in [5.41, 5.74) is -0.0532. The standard InChI is InChI=1S/C7H5FINO2/c1-4-6(9)3-2-5(8)7(4)10(11)12/h2-3H,1H3. The Hall–Kier alpha value is -0.720. The summed E-state index contributed by atoms with van der Waals surface area (Å²) in [7, 11) is 0. The number of nitro benzene ring substituents is 1. The third-order valence-corrected chi connectivity index (χ3v) is 2.67. The molecule has 0 aliphatic heterocycles. The monoisotopic (exact) mass is 281 g/mol. The van der Waals surface area contributed by atoms with Gasteiger partial charge in [-0.2, -0.15) is 4.39 Å². The highest BCUT2D eigenvalue weighted by atomic mass is 127. The van der Waals surface area contributed by atoms with Gasteiger partial charge in [0.1, 0.15) is 0 Å². The zero-order valence-electron chi connectivity index (χ0n) is 6.17. The molecular formula is C7H5FINO2. The van der Waals surface area contributed by atoms with E-state index in [4.69, 9.17) is 0 Å². The van der Waals surface area contributed by atoms with Crippen molar-refractivity contribution in [3.63, 3.8) is 0 Å². The van der Waals surface area contributed by atoms with Crippen LogP contribution in [0.2, 0.25) is 0 Å². The van der Waals surface area contributed by atoms with Crippen LogP contribution in [0.15, 0.2) is 12.1 Å². The quantitative estimate of drug-likeness (QED) is 0.451. The number of nitrogens with zero attached hydrogens (tertiary/aromatic N) is 1. The average Bonchev–Trinajstić information content (AvgIpc) is 1.97. The van der Waals surface area contributed by atoms with E-state index in [1.165, 1.54) is 13.0 Å². The Labute approximate surface area is 81.9 Å². The first-order valence-corrected chi connectivity index (χ1v) is 4.21. The fourth-order valence-electron chi connectivity index (χ4n) is 0.867. The molecule has 0 saturated heterocycles. The molecule has 0 spiro atoms. The van der Waals surface area contributed by atoms with Gasteiger partial charge in [-0.15, -0.1) is 0 Å². The predicted molar refractivity (Wildman–Crippen MR) is 50.5 cm³/mol. The van der Waals surface area contributed by atoms with Crippen LogP contribution in [0.4, 0.5) is 10.1 Å². The zero-order chi connectivity index (χ0) is 9.30. The number of hydrogen-bond donors (Lipinski definition) is 0. The number of benzene rings is 1. The minimum atomic E-state index is -0.780. The Kier molecular flexibility index (Phi) is 2.61. The van der Waals surface area contributed by atoms with Gasteiger partial charge in [0, 0.05) is 9.13 Å². The van der Waals surface area contributed by atoms with Crippen LogP contribution in [0.5, 0.6) is 0 Å². The molecule has 0 aromatic heterocycles. The molecule has 0 N–H and O–H groups in total. The van der Waals surface area contributed by atoms with Gasteiger partial charge in [0.05, 0.1) is 4.92 Å². The first-order chi connectivity index (χ1) is 5.54. The van der Waals surface area contributed by atoms with Gasteiger partial charge in [-0.3, -0.25) is 10.1 Å². The summed E-state index contributed by atoms with van der Waals surface area (Å²) < 4.78 is 13.5. The molecule has 0 heterocycles. The van der Waals surface area contributed by atoms with Gasteiger partial charge in [-0.1, -0.05) is 0 Å². The second kappa shape index (κ2) is 3.34. The highest BCUT2D eigenvalue weighted by Crippen LogP contribution is 2.25. The molecule has 1 rings (SSSR count). The Morgan fingerprint density at radius 3 is 2.58 bits per heavy atom. The molecule has 0 aliphatic carbocycles. The largest absolute Gasteiger partial charge is 0.308 e.